The third-order valence-electron chi connectivity index (χ3n) is 4.93. The van der Waals surface area contributed by atoms with Crippen molar-refractivity contribution in [3.05, 3.63) is 58.1 Å². The summed E-state index contributed by atoms with van der Waals surface area (Å²) in [5.41, 5.74) is 11.8. The molecule has 0 aromatic heterocycles. The molecule has 13 nitrogen and oxygen atoms in total. The average molecular weight is 585 g/mol. The van der Waals surface area contributed by atoms with Gasteiger partial charge in [-0.25, -0.2) is 4.79 Å². The van der Waals surface area contributed by atoms with Gasteiger partial charge in [0.25, 0.3) is 0 Å². The maximum atomic E-state index is 12.2. The van der Waals surface area contributed by atoms with Crippen LogP contribution in [-0.2, 0) is 25.6 Å². The molecule has 0 aliphatic heterocycles. The smallest absolute Gasteiger partial charge is 0.326 e. The van der Waals surface area contributed by atoms with Crippen molar-refractivity contribution in [2.75, 3.05) is 11.9 Å². The number of anilines is 2. The highest BCUT2D eigenvalue weighted by molar-refractivity contribution is 6.39. The summed E-state index contributed by atoms with van der Waals surface area (Å²) in [5, 5.41) is 41.6. The van der Waals surface area contributed by atoms with Gasteiger partial charge in [-0.05, 0) is 36.6 Å². The Balaban J connectivity index is 0.000000534. The summed E-state index contributed by atoms with van der Waals surface area (Å²) in [5.74, 6) is -4.47. The Morgan fingerprint density at radius 2 is 1.56 bits per heavy atom. The van der Waals surface area contributed by atoms with Crippen molar-refractivity contribution in [2.45, 2.75) is 37.8 Å². The molecule has 15 heteroatoms. The highest BCUT2D eigenvalue weighted by Gasteiger charge is 2.23. The molecule has 0 heterocycles. The van der Waals surface area contributed by atoms with Crippen molar-refractivity contribution in [2.24, 2.45) is 11.5 Å². The number of aliphatic carboxylic acids is 3. The topological polar surface area (TPSA) is 241 Å². The molecular formula is C24H30Cl2N6O7. The fraction of sp³-hybridized carbons (Fsp3) is 0.292. The fourth-order valence-electron chi connectivity index (χ4n) is 3.01. The van der Waals surface area contributed by atoms with Crippen LogP contribution in [0.4, 0.5) is 11.4 Å². The van der Waals surface area contributed by atoms with Crippen LogP contribution in [0.25, 0.3) is 0 Å². The van der Waals surface area contributed by atoms with E-state index in [1.807, 2.05) is 0 Å². The summed E-state index contributed by atoms with van der Waals surface area (Å²) in [6.45, 7) is 0.482. The van der Waals surface area contributed by atoms with Crippen LogP contribution in [0, 0.1) is 5.41 Å². The highest BCUT2D eigenvalue weighted by Crippen LogP contribution is 2.33. The molecule has 0 bridgehead atoms. The molecule has 2 atom stereocenters. The van der Waals surface area contributed by atoms with Gasteiger partial charge < -0.3 is 42.7 Å². The van der Waals surface area contributed by atoms with Gasteiger partial charge in [0.1, 0.15) is 12.1 Å². The molecule has 39 heavy (non-hydrogen) atoms. The number of carboxylic acid groups (broad SMARTS) is 3. The van der Waals surface area contributed by atoms with E-state index in [2.05, 4.69) is 16.0 Å². The summed E-state index contributed by atoms with van der Waals surface area (Å²) in [6, 6.07) is 9.56. The van der Waals surface area contributed by atoms with Crippen molar-refractivity contribution in [3.8, 4) is 0 Å². The minimum absolute atomic E-state index is 0.112. The second kappa shape index (κ2) is 16.7. The number of halogens is 2. The van der Waals surface area contributed by atoms with E-state index in [0.29, 0.717) is 46.4 Å². The van der Waals surface area contributed by atoms with E-state index in [9.17, 15) is 19.2 Å². The molecule has 212 valence electrons. The van der Waals surface area contributed by atoms with Crippen LogP contribution in [0.15, 0.2) is 42.5 Å². The first-order valence-corrected chi connectivity index (χ1v) is 12.2. The third kappa shape index (κ3) is 12.8. The van der Waals surface area contributed by atoms with Gasteiger partial charge in [-0.1, -0.05) is 47.5 Å². The van der Waals surface area contributed by atoms with Gasteiger partial charge in [0.15, 0.2) is 5.96 Å². The number of benzene rings is 2. The summed E-state index contributed by atoms with van der Waals surface area (Å²) in [4.78, 5) is 44.2. The normalized spacial score (nSPS) is 11.7. The van der Waals surface area contributed by atoms with E-state index in [1.54, 1.807) is 42.5 Å². The van der Waals surface area contributed by atoms with Gasteiger partial charge in [-0.2, -0.15) is 0 Å². The fourth-order valence-corrected chi connectivity index (χ4v) is 3.50. The Labute approximate surface area is 234 Å². The number of nitrogens with one attached hydrogen (secondary N) is 4. The molecule has 2 rings (SSSR count). The third-order valence-corrected chi connectivity index (χ3v) is 5.56. The van der Waals surface area contributed by atoms with E-state index in [0.717, 1.165) is 0 Å². The molecule has 0 radical (unpaired) electrons. The van der Waals surface area contributed by atoms with Crippen LogP contribution < -0.4 is 27.4 Å². The van der Waals surface area contributed by atoms with Crippen molar-refractivity contribution < 1.29 is 34.5 Å². The van der Waals surface area contributed by atoms with Crippen LogP contribution in [0.5, 0.6) is 0 Å². The Morgan fingerprint density at radius 1 is 0.949 bits per heavy atom. The van der Waals surface area contributed by atoms with Gasteiger partial charge in [0.2, 0.25) is 5.91 Å². The standard InChI is InChI=1S/C18H16Cl2N2O5.C6H14N4O2/c19-11-5-3-6-12(20)17(11)22-13-7-2-1-4-10(13)8-15(23)21-14(18(26)27)9-16(24)25;7-4(5(11)12)2-1-3-10-6(8)9/h1-7,14,22H,8-9H2,(H,21,23)(H,24,25)(H,26,27);4H,1-3,7H2,(H,11,12)(H4,8,9,10)/t14-;4-/m00/s1. The van der Waals surface area contributed by atoms with Crippen LogP contribution in [0.2, 0.25) is 10.0 Å². The maximum Gasteiger partial charge on any atom is 0.326 e. The SMILES string of the molecule is N=C(N)NCCC[C@H](N)C(=O)O.O=C(O)C[C@H](NC(=O)Cc1ccccc1Nc1c(Cl)cccc1Cl)C(=O)O. The molecular weight excluding hydrogens is 555 g/mol. The van der Waals surface area contributed by atoms with Gasteiger partial charge in [0.05, 0.1) is 28.6 Å². The van der Waals surface area contributed by atoms with Crippen LogP contribution >= 0.6 is 23.2 Å². The lowest BCUT2D eigenvalue weighted by Crippen LogP contribution is -2.42. The summed E-state index contributed by atoms with van der Waals surface area (Å²) in [6.07, 6.45) is 0.105. The van der Waals surface area contributed by atoms with E-state index in [1.165, 1.54) is 0 Å². The number of guanidine groups is 1. The van der Waals surface area contributed by atoms with Crippen molar-refractivity contribution in [1.82, 2.24) is 10.6 Å². The number of amides is 1. The lowest BCUT2D eigenvalue weighted by Gasteiger charge is -2.16. The molecule has 0 unspecified atom stereocenters. The van der Waals surface area contributed by atoms with Crippen molar-refractivity contribution >= 4 is 64.4 Å². The molecule has 2 aromatic carbocycles. The van der Waals surface area contributed by atoms with Crippen molar-refractivity contribution in [3.63, 3.8) is 0 Å². The van der Waals surface area contributed by atoms with E-state index >= 15 is 0 Å². The second-order valence-corrected chi connectivity index (χ2v) is 8.85. The zero-order valence-electron chi connectivity index (χ0n) is 20.6. The Bertz CT molecular complexity index is 1160. The first kappa shape index (κ1) is 33.0. The number of hydrogen-bond donors (Lipinski definition) is 9. The Hall–Kier alpha value is -4.07. The molecule has 1 amide bonds. The zero-order valence-corrected chi connectivity index (χ0v) is 22.1. The monoisotopic (exact) mass is 584 g/mol. The largest absolute Gasteiger partial charge is 0.481 e. The minimum atomic E-state index is -1.51. The molecule has 0 aliphatic carbocycles. The minimum Gasteiger partial charge on any atom is -0.481 e. The molecule has 11 N–H and O–H groups in total. The molecule has 0 spiro atoms. The van der Waals surface area contributed by atoms with Gasteiger partial charge >= 0.3 is 17.9 Å². The van der Waals surface area contributed by atoms with Gasteiger partial charge in [-0.15, -0.1) is 0 Å². The average Bonchev–Trinajstić information content (AvgIpc) is 2.84. The van der Waals surface area contributed by atoms with Gasteiger partial charge in [-0.3, -0.25) is 19.8 Å². The molecule has 0 aliphatic rings. The highest BCUT2D eigenvalue weighted by atomic mass is 35.5. The number of carbonyl (C=O) groups excluding carboxylic acids is 1. The Morgan fingerprint density at radius 3 is 2.10 bits per heavy atom. The molecule has 0 saturated carbocycles. The zero-order chi connectivity index (χ0) is 29.5. The van der Waals surface area contributed by atoms with Crippen LogP contribution in [0.1, 0.15) is 24.8 Å². The van der Waals surface area contributed by atoms with Crippen LogP contribution in [-0.4, -0.2) is 63.7 Å². The summed E-state index contributed by atoms with van der Waals surface area (Å²) in [7, 11) is 0. The number of para-hydroxylation sites is 2. The van der Waals surface area contributed by atoms with E-state index in [4.69, 9.17) is 55.4 Å². The van der Waals surface area contributed by atoms with E-state index < -0.39 is 42.3 Å². The maximum absolute atomic E-state index is 12.2. The van der Waals surface area contributed by atoms with E-state index in [-0.39, 0.29) is 12.4 Å². The van der Waals surface area contributed by atoms with Crippen molar-refractivity contribution in [1.29, 1.82) is 5.41 Å². The quantitative estimate of drug-likeness (QED) is 0.0935. The Kier molecular flexibility index (Phi) is 14.1. The second-order valence-electron chi connectivity index (χ2n) is 8.04. The summed E-state index contributed by atoms with van der Waals surface area (Å²) < 4.78 is 0. The van der Waals surface area contributed by atoms with Crippen LogP contribution in [0.3, 0.4) is 0 Å². The predicted octanol–water partition coefficient (Wildman–Crippen LogP) is 1.99. The number of hydrogen-bond acceptors (Lipinski definition) is 7. The molecule has 0 fully saturated rings. The summed E-state index contributed by atoms with van der Waals surface area (Å²) >= 11 is 12.3. The number of carboxylic acids is 3. The molecule has 2 aromatic rings. The van der Waals surface area contributed by atoms with Gasteiger partial charge in [0, 0.05) is 12.2 Å². The predicted molar refractivity (Wildman–Crippen MR) is 146 cm³/mol. The lowest BCUT2D eigenvalue weighted by molar-refractivity contribution is -0.147. The number of nitrogens with two attached hydrogens (primary N) is 2. The number of rotatable bonds is 13. The first-order valence-electron chi connectivity index (χ1n) is 11.4. The lowest BCUT2D eigenvalue weighted by atomic mass is 10.1. The molecule has 0 saturated heterocycles. The first-order chi connectivity index (χ1) is 18.3. The number of carbonyl (C=O) groups is 4.